The van der Waals surface area contributed by atoms with E-state index >= 15 is 0 Å². The number of aliphatic hydroxyl groups is 1. The van der Waals surface area contributed by atoms with Crippen molar-refractivity contribution in [2.24, 2.45) is 0 Å². The van der Waals surface area contributed by atoms with Gasteiger partial charge in [0.15, 0.2) is 0 Å². The van der Waals surface area contributed by atoms with E-state index < -0.39 is 5.60 Å². The molecule has 0 amide bonds. The molecule has 0 spiro atoms. The van der Waals surface area contributed by atoms with E-state index in [0.717, 1.165) is 12.8 Å². The fourth-order valence-corrected chi connectivity index (χ4v) is 1.14. The summed E-state index contributed by atoms with van der Waals surface area (Å²) in [5.74, 6) is 0. The molecular formula is C7H13O. The van der Waals surface area contributed by atoms with Crippen LogP contribution < -0.4 is 0 Å². The minimum absolute atomic E-state index is 0.446. The summed E-state index contributed by atoms with van der Waals surface area (Å²) in [4.78, 5) is 0. The SMILES string of the molecule is CC1(O)[CH]CCCC1. The highest BCUT2D eigenvalue weighted by Crippen LogP contribution is 2.25. The molecule has 1 heteroatoms. The molecule has 0 aromatic heterocycles. The molecule has 0 bridgehead atoms. The van der Waals surface area contributed by atoms with E-state index in [1.54, 1.807) is 0 Å². The third kappa shape index (κ3) is 1.48. The number of hydrogen-bond donors (Lipinski definition) is 1. The van der Waals surface area contributed by atoms with Crippen molar-refractivity contribution in [1.82, 2.24) is 0 Å². The minimum Gasteiger partial charge on any atom is -0.390 e. The Labute approximate surface area is 50.7 Å². The van der Waals surface area contributed by atoms with Crippen LogP contribution in [-0.2, 0) is 0 Å². The Morgan fingerprint density at radius 2 is 2.25 bits per heavy atom. The zero-order valence-electron chi connectivity index (χ0n) is 5.35. The van der Waals surface area contributed by atoms with Crippen LogP contribution in [0.2, 0.25) is 0 Å². The van der Waals surface area contributed by atoms with Gasteiger partial charge in [-0.1, -0.05) is 12.8 Å². The molecule has 8 heavy (non-hydrogen) atoms. The molecule has 1 radical (unpaired) electrons. The first-order valence-corrected chi connectivity index (χ1v) is 3.27. The maximum absolute atomic E-state index is 9.32. The van der Waals surface area contributed by atoms with Crippen LogP contribution in [0, 0.1) is 6.42 Å². The molecule has 0 aliphatic heterocycles. The van der Waals surface area contributed by atoms with Crippen molar-refractivity contribution >= 4 is 0 Å². The maximum atomic E-state index is 9.32. The Bertz CT molecular complexity index is 68.5. The lowest BCUT2D eigenvalue weighted by atomic mass is 9.87. The summed E-state index contributed by atoms with van der Waals surface area (Å²) in [5, 5.41) is 9.32. The predicted octanol–water partition coefficient (Wildman–Crippen LogP) is 1.52. The summed E-state index contributed by atoms with van der Waals surface area (Å²) in [6.07, 6.45) is 6.50. The van der Waals surface area contributed by atoms with Gasteiger partial charge in [0, 0.05) is 0 Å². The third-order valence-corrected chi connectivity index (χ3v) is 1.72. The fraction of sp³-hybridized carbons (Fsp3) is 0.857. The molecule has 1 fully saturated rings. The van der Waals surface area contributed by atoms with Gasteiger partial charge in [-0.15, -0.1) is 0 Å². The van der Waals surface area contributed by atoms with Gasteiger partial charge in [0.25, 0.3) is 0 Å². The normalized spacial score (nSPS) is 27.8. The Hall–Kier alpha value is -0.0400. The maximum Gasteiger partial charge on any atom is 0.0651 e. The van der Waals surface area contributed by atoms with E-state index in [1.165, 1.54) is 12.8 Å². The Balaban J connectivity index is 2.33. The van der Waals surface area contributed by atoms with Gasteiger partial charge in [0.2, 0.25) is 0 Å². The van der Waals surface area contributed by atoms with Crippen molar-refractivity contribution in [3.8, 4) is 0 Å². The van der Waals surface area contributed by atoms with Crippen LogP contribution in [0.15, 0.2) is 0 Å². The highest BCUT2D eigenvalue weighted by atomic mass is 16.3. The van der Waals surface area contributed by atoms with E-state index in [1.807, 2.05) is 13.3 Å². The smallest absolute Gasteiger partial charge is 0.0651 e. The van der Waals surface area contributed by atoms with Crippen molar-refractivity contribution < 1.29 is 5.11 Å². The van der Waals surface area contributed by atoms with Gasteiger partial charge >= 0.3 is 0 Å². The van der Waals surface area contributed by atoms with Gasteiger partial charge in [-0.25, -0.2) is 0 Å². The van der Waals surface area contributed by atoms with E-state index in [2.05, 4.69) is 0 Å². The quantitative estimate of drug-likeness (QED) is 0.505. The topological polar surface area (TPSA) is 20.2 Å². The largest absolute Gasteiger partial charge is 0.390 e. The van der Waals surface area contributed by atoms with Crippen molar-refractivity contribution in [1.29, 1.82) is 0 Å². The molecular weight excluding hydrogens is 100 g/mol. The summed E-state index contributed by atoms with van der Waals surface area (Å²) in [5.41, 5.74) is -0.446. The zero-order valence-corrected chi connectivity index (χ0v) is 5.35. The van der Waals surface area contributed by atoms with Gasteiger partial charge < -0.3 is 5.11 Å². The van der Waals surface area contributed by atoms with Crippen LogP contribution >= 0.6 is 0 Å². The van der Waals surface area contributed by atoms with Crippen LogP contribution in [0.5, 0.6) is 0 Å². The molecule has 1 unspecified atom stereocenters. The van der Waals surface area contributed by atoms with Crippen molar-refractivity contribution in [2.75, 3.05) is 0 Å². The number of rotatable bonds is 0. The average Bonchev–Trinajstić information content (AvgIpc) is 1.65. The lowest BCUT2D eigenvalue weighted by molar-refractivity contribution is 0.0663. The van der Waals surface area contributed by atoms with Gasteiger partial charge in [-0.2, -0.15) is 0 Å². The first-order valence-electron chi connectivity index (χ1n) is 3.27. The van der Waals surface area contributed by atoms with Gasteiger partial charge in [0.05, 0.1) is 5.60 Å². The zero-order chi connectivity index (χ0) is 6.04. The first-order chi connectivity index (χ1) is 3.71. The summed E-state index contributed by atoms with van der Waals surface area (Å²) in [7, 11) is 0. The molecule has 1 nitrogen and oxygen atoms in total. The van der Waals surface area contributed by atoms with Crippen LogP contribution in [0.3, 0.4) is 0 Å². The van der Waals surface area contributed by atoms with Crippen molar-refractivity contribution in [2.45, 2.75) is 38.2 Å². The molecule has 1 saturated carbocycles. The summed E-state index contributed by atoms with van der Waals surface area (Å²) in [6.45, 7) is 1.88. The standard InChI is InChI=1S/C7H13O/c1-7(8)5-3-2-4-6-7/h5,8H,2-4,6H2,1H3. The van der Waals surface area contributed by atoms with Crippen LogP contribution in [-0.4, -0.2) is 10.7 Å². The van der Waals surface area contributed by atoms with Crippen LogP contribution in [0.25, 0.3) is 0 Å². The molecule has 1 aliphatic carbocycles. The van der Waals surface area contributed by atoms with Gasteiger partial charge in [0.1, 0.15) is 0 Å². The minimum atomic E-state index is -0.446. The highest BCUT2D eigenvalue weighted by Gasteiger charge is 2.22. The molecule has 0 saturated heterocycles. The average molecular weight is 113 g/mol. The monoisotopic (exact) mass is 113 g/mol. The third-order valence-electron chi connectivity index (χ3n) is 1.72. The molecule has 0 aromatic carbocycles. The Kier molecular flexibility index (Phi) is 1.57. The second-order valence-corrected chi connectivity index (χ2v) is 2.81. The molecule has 1 N–H and O–H groups in total. The Morgan fingerprint density at radius 3 is 2.50 bits per heavy atom. The molecule has 0 aromatic rings. The van der Waals surface area contributed by atoms with E-state index in [9.17, 15) is 5.11 Å². The van der Waals surface area contributed by atoms with Crippen molar-refractivity contribution in [3.05, 3.63) is 6.42 Å². The van der Waals surface area contributed by atoms with Gasteiger partial charge in [-0.3, -0.25) is 0 Å². The van der Waals surface area contributed by atoms with Crippen LogP contribution in [0.1, 0.15) is 32.6 Å². The fourth-order valence-electron chi connectivity index (χ4n) is 1.14. The molecule has 1 rings (SSSR count). The van der Waals surface area contributed by atoms with Crippen molar-refractivity contribution in [3.63, 3.8) is 0 Å². The van der Waals surface area contributed by atoms with Crippen LogP contribution in [0.4, 0.5) is 0 Å². The summed E-state index contributed by atoms with van der Waals surface area (Å²) in [6, 6.07) is 0. The molecule has 1 atom stereocenters. The molecule has 47 valence electrons. The number of hydrogen-bond acceptors (Lipinski definition) is 1. The second kappa shape index (κ2) is 2.06. The lowest BCUT2D eigenvalue weighted by Crippen LogP contribution is -2.27. The lowest BCUT2D eigenvalue weighted by Gasteiger charge is -2.26. The predicted molar refractivity (Wildman–Crippen MR) is 33.4 cm³/mol. The first kappa shape index (κ1) is 6.09. The second-order valence-electron chi connectivity index (χ2n) is 2.81. The summed E-state index contributed by atoms with van der Waals surface area (Å²) < 4.78 is 0. The molecule has 0 heterocycles. The Morgan fingerprint density at radius 1 is 1.50 bits per heavy atom. The van der Waals surface area contributed by atoms with E-state index in [-0.39, 0.29) is 0 Å². The highest BCUT2D eigenvalue weighted by molar-refractivity contribution is 4.91. The summed E-state index contributed by atoms with van der Waals surface area (Å²) >= 11 is 0. The van der Waals surface area contributed by atoms with Gasteiger partial charge in [-0.05, 0) is 26.2 Å². The molecule has 1 aliphatic rings. The van der Waals surface area contributed by atoms with E-state index in [0.29, 0.717) is 0 Å². The van der Waals surface area contributed by atoms with E-state index in [4.69, 9.17) is 0 Å².